The van der Waals surface area contributed by atoms with Crippen molar-refractivity contribution < 1.29 is 19.0 Å². The topological polar surface area (TPSA) is 70.5 Å². The van der Waals surface area contributed by atoms with Crippen LogP contribution in [0.5, 0.6) is 11.6 Å². The number of ether oxygens (including phenoxy) is 3. The molecule has 0 fully saturated rings. The highest BCUT2D eigenvalue weighted by atomic mass is 16.5. The molecule has 0 saturated heterocycles. The molecule has 6 heteroatoms. The summed E-state index contributed by atoms with van der Waals surface area (Å²) >= 11 is 0. The Labute approximate surface area is 241 Å². The molecule has 1 aromatic heterocycles. The second kappa shape index (κ2) is 14.1. The van der Waals surface area contributed by atoms with Crippen LogP contribution in [-0.2, 0) is 16.1 Å². The van der Waals surface area contributed by atoms with Crippen LogP contribution >= 0.6 is 0 Å². The molecule has 0 aliphatic heterocycles. The number of unbranched alkanes of at least 4 members (excludes halogenated alkanes) is 2. The van der Waals surface area contributed by atoms with Crippen molar-refractivity contribution in [2.45, 2.75) is 39.2 Å². The van der Waals surface area contributed by atoms with Crippen molar-refractivity contribution in [3.05, 3.63) is 109 Å². The van der Waals surface area contributed by atoms with E-state index in [0.29, 0.717) is 37.9 Å². The molecule has 1 heterocycles. The Morgan fingerprint density at radius 3 is 2.27 bits per heavy atom. The van der Waals surface area contributed by atoms with E-state index in [1.54, 1.807) is 0 Å². The number of fused-ring (bicyclic) bond motifs is 1. The number of esters is 1. The zero-order chi connectivity index (χ0) is 28.3. The second-order valence-electron chi connectivity index (χ2n) is 9.74. The number of carbonyl (C=O) groups excluding carboxylic acids is 1. The highest BCUT2D eigenvalue weighted by Crippen LogP contribution is 2.29. The van der Waals surface area contributed by atoms with Gasteiger partial charge in [-0.15, -0.1) is 0 Å². The fourth-order valence-electron chi connectivity index (χ4n) is 4.54. The summed E-state index contributed by atoms with van der Waals surface area (Å²) in [4.78, 5) is 21.1. The van der Waals surface area contributed by atoms with Crippen molar-refractivity contribution in [1.82, 2.24) is 9.97 Å². The number of aromatic nitrogens is 2. The van der Waals surface area contributed by atoms with Crippen LogP contribution in [0.25, 0.3) is 33.4 Å². The highest BCUT2D eigenvalue weighted by molar-refractivity contribution is 5.87. The minimum Gasteiger partial charge on any atom is -0.494 e. The van der Waals surface area contributed by atoms with Crippen LogP contribution in [0, 0.1) is 0 Å². The lowest BCUT2D eigenvalue weighted by atomic mass is 10.1. The van der Waals surface area contributed by atoms with Crippen LogP contribution in [0.1, 0.15) is 38.2 Å². The summed E-state index contributed by atoms with van der Waals surface area (Å²) in [5.74, 6) is 1.84. The van der Waals surface area contributed by atoms with E-state index < -0.39 is 0 Å². The van der Waals surface area contributed by atoms with E-state index in [1.165, 1.54) is 0 Å². The maximum Gasteiger partial charge on any atom is 0.305 e. The Morgan fingerprint density at radius 1 is 0.707 bits per heavy atom. The largest absolute Gasteiger partial charge is 0.494 e. The van der Waals surface area contributed by atoms with Crippen LogP contribution < -0.4 is 9.47 Å². The third-order valence-corrected chi connectivity index (χ3v) is 6.67. The van der Waals surface area contributed by atoms with E-state index in [2.05, 4.69) is 18.2 Å². The summed E-state index contributed by atoms with van der Waals surface area (Å²) in [6.45, 7) is 3.30. The summed E-state index contributed by atoms with van der Waals surface area (Å²) in [5, 5.41) is 2.15. The zero-order valence-corrected chi connectivity index (χ0v) is 23.3. The number of carbonyl (C=O) groups is 1. The van der Waals surface area contributed by atoms with Crippen molar-refractivity contribution in [2.75, 3.05) is 13.2 Å². The number of nitrogens with zero attached hydrogens (tertiary/aromatic N) is 2. The van der Waals surface area contributed by atoms with Crippen LogP contribution in [0.15, 0.2) is 103 Å². The van der Waals surface area contributed by atoms with Gasteiger partial charge in [-0.05, 0) is 60.7 Å². The number of hydrogen-bond donors (Lipinski definition) is 0. The van der Waals surface area contributed by atoms with E-state index in [1.807, 2.05) is 91.9 Å². The standard InChI is InChI=1S/C35H34N2O4/c1-2-39-34(38)16-10-5-11-21-40-31-20-19-28-22-30(18-17-29(28)23-31)35-36-32(27-14-8-4-9-15-27)24-33(37-35)41-25-26-12-6-3-7-13-26/h3-4,6-9,12-15,17-20,22-24H,2,5,10-11,16,21,25H2,1H3. The van der Waals surface area contributed by atoms with Gasteiger partial charge >= 0.3 is 5.97 Å². The molecule has 0 saturated carbocycles. The molecule has 4 aromatic carbocycles. The maximum absolute atomic E-state index is 11.4. The first-order valence-corrected chi connectivity index (χ1v) is 14.1. The van der Waals surface area contributed by atoms with Gasteiger partial charge in [-0.25, -0.2) is 4.98 Å². The van der Waals surface area contributed by atoms with Gasteiger partial charge in [0, 0.05) is 23.6 Å². The summed E-state index contributed by atoms with van der Waals surface area (Å²) in [5.41, 5.74) is 3.80. The molecule has 208 valence electrons. The molecule has 6 nitrogen and oxygen atoms in total. The SMILES string of the molecule is CCOC(=O)CCCCCOc1ccc2cc(-c3nc(OCc4ccccc4)cc(-c4ccccc4)n3)ccc2c1. The minimum absolute atomic E-state index is 0.129. The summed E-state index contributed by atoms with van der Waals surface area (Å²) in [6, 6.07) is 34.3. The summed E-state index contributed by atoms with van der Waals surface area (Å²) < 4.78 is 17.1. The van der Waals surface area contributed by atoms with Crippen molar-refractivity contribution >= 4 is 16.7 Å². The first-order valence-electron chi connectivity index (χ1n) is 14.1. The van der Waals surface area contributed by atoms with Gasteiger partial charge in [0.05, 0.1) is 18.9 Å². The van der Waals surface area contributed by atoms with Gasteiger partial charge in [-0.3, -0.25) is 4.79 Å². The van der Waals surface area contributed by atoms with Crippen LogP contribution in [0.3, 0.4) is 0 Å². The Hall–Kier alpha value is -4.71. The van der Waals surface area contributed by atoms with E-state index in [4.69, 9.17) is 24.2 Å². The van der Waals surface area contributed by atoms with Crippen LogP contribution in [0.2, 0.25) is 0 Å². The maximum atomic E-state index is 11.4. The van der Waals surface area contributed by atoms with Crippen LogP contribution in [0.4, 0.5) is 0 Å². The van der Waals surface area contributed by atoms with Crippen LogP contribution in [-0.4, -0.2) is 29.2 Å². The smallest absolute Gasteiger partial charge is 0.305 e. The molecule has 0 N–H and O–H groups in total. The van der Waals surface area contributed by atoms with Gasteiger partial charge in [-0.1, -0.05) is 78.9 Å². The molecule has 0 spiro atoms. The monoisotopic (exact) mass is 546 g/mol. The number of rotatable bonds is 13. The summed E-state index contributed by atoms with van der Waals surface area (Å²) in [7, 11) is 0. The second-order valence-corrected chi connectivity index (χ2v) is 9.74. The lowest BCUT2D eigenvalue weighted by Crippen LogP contribution is -2.04. The Kier molecular flexibility index (Phi) is 9.56. The third-order valence-electron chi connectivity index (χ3n) is 6.67. The molecule has 0 atom stereocenters. The molecule has 0 amide bonds. The number of benzene rings is 4. The van der Waals surface area contributed by atoms with Gasteiger partial charge < -0.3 is 14.2 Å². The highest BCUT2D eigenvalue weighted by Gasteiger charge is 2.11. The normalized spacial score (nSPS) is 10.9. The lowest BCUT2D eigenvalue weighted by molar-refractivity contribution is -0.143. The van der Waals surface area contributed by atoms with Crippen molar-refractivity contribution in [2.24, 2.45) is 0 Å². The predicted octanol–water partition coefficient (Wildman–Crippen LogP) is 8.05. The molecular weight excluding hydrogens is 512 g/mol. The van der Waals surface area contributed by atoms with Crippen molar-refractivity contribution in [3.63, 3.8) is 0 Å². The molecule has 0 aliphatic rings. The molecule has 0 unspecified atom stereocenters. The van der Waals surface area contributed by atoms with Gasteiger partial charge in [0.1, 0.15) is 12.4 Å². The van der Waals surface area contributed by atoms with Crippen molar-refractivity contribution in [1.29, 1.82) is 0 Å². The van der Waals surface area contributed by atoms with Crippen molar-refractivity contribution in [3.8, 4) is 34.3 Å². The average Bonchev–Trinajstić information content (AvgIpc) is 3.02. The fraction of sp³-hybridized carbons (Fsp3) is 0.229. The molecule has 0 radical (unpaired) electrons. The van der Waals surface area contributed by atoms with E-state index in [-0.39, 0.29) is 5.97 Å². The summed E-state index contributed by atoms with van der Waals surface area (Å²) in [6.07, 6.45) is 3.09. The Balaban J connectivity index is 1.29. The predicted molar refractivity (Wildman–Crippen MR) is 162 cm³/mol. The Morgan fingerprint density at radius 2 is 1.46 bits per heavy atom. The molecule has 5 rings (SSSR count). The fourth-order valence-corrected chi connectivity index (χ4v) is 4.54. The molecule has 0 aliphatic carbocycles. The van der Waals surface area contributed by atoms with Gasteiger partial charge in [-0.2, -0.15) is 4.98 Å². The van der Waals surface area contributed by atoms with E-state index >= 15 is 0 Å². The molecule has 5 aromatic rings. The molecule has 41 heavy (non-hydrogen) atoms. The molecule has 0 bridgehead atoms. The van der Waals surface area contributed by atoms with E-state index in [0.717, 1.165) is 58.2 Å². The number of hydrogen-bond acceptors (Lipinski definition) is 6. The van der Waals surface area contributed by atoms with Gasteiger partial charge in [0.2, 0.25) is 5.88 Å². The zero-order valence-electron chi connectivity index (χ0n) is 23.3. The third kappa shape index (κ3) is 7.92. The first kappa shape index (κ1) is 27.8. The quantitative estimate of drug-likeness (QED) is 0.110. The van der Waals surface area contributed by atoms with E-state index in [9.17, 15) is 4.79 Å². The average molecular weight is 547 g/mol. The van der Waals surface area contributed by atoms with Gasteiger partial charge in [0.15, 0.2) is 5.82 Å². The Bertz CT molecular complexity index is 1570. The first-order chi connectivity index (χ1) is 20.2. The lowest BCUT2D eigenvalue weighted by Gasteiger charge is -2.11. The van der Waals surface area contributed by atoms with Gasteiger partial charge in [0.25, 0.3) is 0 Å². The minimum atomic E-state index is -0.129. The molecular formula is C35H34N2O4.